The number of anilines is 1. The van der Waals surface area contributed by atoms with Crippen molar-refractivity contribution in [1.29, 1.82) is 0 Å². The van der Waals surface area contributed by atoms with E-state index in [9.17, 15) is 4.79 Å². The molecular weight excluding hydrogens is 250 g/mol. The summed E-state index contributed by atoms with van der Waals surface area (Å²) in [6.45, 7) is 6.50. The Morgan fingerprint density at radius 2 is 2.20 bits per heavy atom. The molecule has 2 heterocycles. The molecule has 108 valence electrons. The van der Waals surface area contributed by atoms with Gasteiger partial charge in [0.05, 0.1) is 6.54 Å². The number of para-hydroxylation sites is 1. The smallest absolute Gasteiger partial charge is 0.241 e. The fraction of sp³-hybridized carbons (Fsp3) is 0.562. The number of hydrogen-bond donors (Lipinski definition) is 1. The highest BCUT2D eigenvalue weighted by Crippen LogP contribution is 2.26. The lowest BCUT2D eigenvalue weighted by molar-refractivity contribution is -0.120. The number of benzene rings is 1. The number of rotatable bonds is 2. The van der Waals surface area contributed by atoms with Crippen molar-refractivity contribution in [2.24, 2.45) is 0 Å². The SMILES string of the molecule is C[C@H]1CNCCN1CC(=O)N1CCCc2ccccc21. The average Bonchev–Trinajstić information content (AvgIpc) is 2.49. The normalized spacial score (nSPS) is 23.4. The molecule has 1 fully saturated rings. The van der Waals surface area contributed by atoms with E-state index < -0.39 is 0 Å². The summed E-state index contributed by atoms with van der Waals surface area (Å²) in [5.41, 5.74) is 2.42. The molecule has 0 saturated carbocycles. The molecule has 0 spiro atoms. The highest BCUT2D eigenvalue weighted by atomic mass is 16.2. The summed E-state index contributed by atoms with van der Waals surface area (Å²) in [4.78, 5) is 16.9. The van der Waals surface area contributed by atoms with Crippen LogP contribution in [0.15, 0.2) is 24.3 Å². The van der Waals surface area contributed by atoms with E-state index in [1.807, 2.05) is 11.0 Å². The van der Waals surface area contributed by atoms with Crippen LogP contribution >= 0.6 is 0 Å². The Hall–Kier alpha value is -1.39. The van der Waals surface area contributed by atoms with Crippen molar-refractivity contribution in [3.8, 4) is 0 Å². The van der Waals surface area contributed by atoms with Crippen LogP contribution in [0.3, 0.4) is 0 Å². The molecular formula is C16H23N3O. The molecule has 4 heteroatoms. The first-order valence-electron chi connectivity index (χ1n) is 7.59. The predicted octanol–water partition coefficient (Wildman–Crippen LogP) is 1.26. The van der Waals surface area contributed by atoms with Gasteiger partial charge in [-0.15, -0.1) is 0 Å². The summed E-state index contributed by atoms with van der Waals surface area (Å²) in [6, 6.07) is 8.74. The maximum Gasteiger partial charge on any atom is 0.241 e. The van der Waals surface area contributed by atoms with Crippen LogP contribution < -0.4 is 10.2 Å². The molecule has 1 N–H and O–H groups in total. The first-order chi connectivity index (χ1) is 9.75. The molecule has 2 aliphatic rings. The van der Waals surface area contributed by atoms with Crippen molar-refractivity contribution < 1.29 is 4.79 Å². The summed E-state index contributed by atoms with van der Waals surface area (Å²) >= 11 is 0. The van der Waals surface area contributed by atoms with Gasteiger partial charge in [-0.3, -0.25) is 9.69 Å². The number of carbonyl (C=O) groups is 1. The first kappa shape index (κ1) is 13.6. The first-order valence-corrected chi connectivity index (χ1v) is 7.59. The van der Waals surface area contributed by atoms with E-state index >= 15 is 0 Å². The third kappa shape index (κ3) is 2.72. The fourth-order valence-electron chi connectivity index (χ4n) is 3.17. The van der Waals surface area contributed by atoms with Gasteiger partial charge in [0.25, 0.3) is 0 Å². The number of nitrogens with zero attached hydrogens (tertiary/aromatic N) is 2. The Labute approximate surface area is 120 Å². The molecule has 0 aromatic heterocycles. The molecule has 1 amide bonds. The molecule has 0 aliphatic carbocycles. The van der Waals surface area contributed by atoms with Gasteiger partial charge in [0.15, 0.2) is 0 Å². The second-order valence-corrected chi connectivity index (χ2v) is 5.80. The number of hydrogen-bond acceptors (Lipinski definition) is 3. The van der Waals surface area contributed by atoms with Gasteiger partial charge in [-0.25, -0.2) is 0 Å². The van der Waals surface area contributed by atoms with E-state index in [1.54, 1.807) is 0 Å². The summed E-state index contributed by atoms with van der Waals surface area (Å²) in [5, 5.41) is 3.37. The minimum atomic E-state index is 0.242. The molecule has 1 aromatic carbocycles. The van der Waals surface area contributed by atoms with Crippen LogP contribution in [0.4, 0.5) is 5.69 Å². The average molecular weight is 273 g/mol. The Morgan fingerprint density at radius 1 is 1.35 bits per heavy atom. The second kappa shape index (κ2) is 5.94. The Bertz CT molecular complexity index is 488. The van der Waals surface area contributed by atoms with E-state index in [1.165, 1.54) is 5.56 Å². The molecule has 0 bridgehead atoms. The Kier molecular flexibility index (Phi) is 4.03. The van der Waals surface area contributed by atoms with Crippen LogP contribution in [-0.4, -0.2) is 49.6 Å². The highest BCUT2D eigenvalue weighted by molar-refractivity contribution is 5.96. The quantitative estimate of drug-likeness (QED) is 0.881. The molecule has 1 aromatic rings. The number of fused-ring (bicyclic) bond motifs is 1. The zero-order valence-corrected chi connectivity index (χ0v) is 12.1. The minimum Gasteiger partial charge on any atom is -0.314 e. The van der Waals surface area contributed by atoms with Gasteiger partial charge < -0.3 is 10.2 Å². The maximum absolute atomic E-state index is 12.6. The molecule has 20 heavy (non-hydrogen) atoms. The van der Waals surface area contributed by atoms with Crippen molar-refractivity contribution in [3.05, 3.63) is 29.8 Å². The minimum absolute atomic E-state index is 0.242. The lowest BCUT2D eigenvalue weighted by Gasteiger charge is -2.36. The van der Waals surface area contributed by atoms with Crippen molar-refractivity contribution in [1.82, 2.24) is 10.2 Å². The van der Waals surface area contributed by atoms with Gasteiger partial charge in [0.1, 0.15) is 0 Å². The lowest BCUT2D eigenvalue weighted by atomic mass is 10.0. The molecule has 1 saturated heterocycles. The zero-order valence-electron chi connectivity index (χ0n) is 12.1. The molecule has 2 aliphatic heterocycles. The topological polar surface area (TPSA) is 35.6 Å². The van der Waals surface area contributed by atoms with E-state index in [0.29, 0.717) is 12.6 Å². The van der Waals surface area contributed by atoms with Crippen LogP contribution in [0.5, 0.6) is 0 Å². The third-order valence-corrected chi connectivity index (χ3v) is 4.39. The molecule has 3 rings (SSSR count). The summed E-state index contributed by atoms with van der Waals surface area (Å²) in [7, 11) is 0. The fourth-order valence-corrected chi connectivity index (χ4v) is 3.17. The van der Waals surface area contributed by atoms with E-state index in [4.69, 9.17) is 0 Å². The van der Waals surface area contributed by atoms with Gasteiger partial charge in [-0.2, -0.15) is 0 Å². The third-order valence-electron chi connectivity index (χ3n) is 4.39. The largest absolute Gasteiger partial charge is 0.314 e. The van der Waals surface area contributed by atoms with Gasteiger partial charge in [-0.1, -0.05) is 18.2 Å². The summed E-state index contributed by atoms with van der Waals surface area (Å²) in [5.74, 6) is 0.242. The maximum atomic E-state index is 12.6. The van der Waals surface area contributed by atoms with Gasteiger partial charge in [0, 0.05) is 37.9 Å². The number of amides is 1. The number of nitrogens with one attached hydrogen (secondary N) is 1. The van der Waals surface area contributed by atoms with Crippen molar-refractivity contribution in [2.45, 2.75) is 25.8 Å². The van der Waals surface area contributed by atoms with Crippen LogP contribution in [0, 0.1) is 0 Å². The van der Waals surface area contributed by atoms with E-state index in [-0.39, 0.29) is 5.91 Å². The number of piperazine rings is 1. The van der Waals surface area contributed by atoms with Crippen molar-refractivity contribution >= 4 is 11.6 Å². The zero-order chi connectivity index (χ0) is 13.9. The highest BCUT2D eigenvalue weighted by Gasteiger charge is 2.26. The molecule has 0 unspecified atom stereocenters. The summed E-state index contributed by atoms with van der Waals surface area (Å²) < 4.78 is 0. The van der Waals surface area contributed by atoms with Crippen molar-refractivity contribution in [3.63, 3.8) is 0 Å². The van der Waals surface area contributed by atoms with E-state index in [0.717, 1.165) is 44.7 Å². The Morgan fingerprint density at radius 3 is 3.05 bits per heavy atom. The molecule has 1 atom stereocenters. The molecule has 4 nitrogen and oxygen atoms in total. The molecule has 0 radical (unpaired) electrons. The second-order valence-electron chi connectivity index (χ2n) is 5.80. The number of carbonyl (C=O) groups excluding carboxylic acids is 1. The van der Waals surface area contributed by atoms with Gasteiger partial charge >= 0.3 is 0 Å². The van der Waals surface area contributed by atoms with Crippen LogP contribution in [-0.2, 0) is 11.2 Å². The van der Waals surface area contributed by atoms with Gasteiger partial charge in [0.2, 0.25) is 5.91 Å². The van der Waals surface area contributed by atoms with Crippen molar-refractivity contribution in [2.75, 3.05) is 37.6 Å². The number of aryl methyl sites for hydroxylation is 1. The lowest BCUT2D eigenvalue weighted by Crippen LogP contribution is -2.53. The predicted molar refractivity (Wildman–Crippen MR) is 81.0 cm³/mol. The summed E-state index contributed by atoms with van der Waals surface area (Å²) in [6.07, 6.45) is 2.16. The van der Waals surface area contributed by atoms with Crippen LogP contribution in [0.1, 0.15) is 18.9 Å². The standard InChI is InChI=1S/C16H23N3O/c1-13-11-17-8-10-18(13)12-16(20)19-9-4-6-14-5-2-3-7-15(14)19/h2-3,5,7,13,17H,4,6,8-12H2,1H3/t13-/m0/s1. The van der Waals surface area contributed by atoms with E-state index in [2.05, 4.69) is 35.3 Å². The van der Waals surface area contributed by atoms with Gasteiger partial charge in [-0.05, 0) is 31.4 Å². The van der Waals surface area contributed by atoms with Crippen LogP contribution in [0.25, 0.3) is 0 Å². The van der Waals surface area contributed by atoms with Crippen LogP contribution in [0.2, 0.25) is 0 Å². The Balaban J connectivity index is 1.72. The monoisotopic (exact) mass is 273 g/mol.